The summed E-state index contributed by atoms with van der Waals surface area (Å²) in [6, 6.07) is 10.3. The van der Waals surface area contributed by atoms with Crippen molar-refractivity contribution in [2.75, 3.05) is 12.4 Å². The van der Waals surface area contributed by atoms with Crippen molar-refractivity contribution in [2.24, 2.45) is 0 Å². The molecule has 0 aliphatic rings. The number of carbonyl (C=O) groups excluding carboxylic acids is 2. The van der Waals surface area contributed by atoms with Gasteiger partial charge in [0.25, 0.3) is 5.91 Å². The Hall–Kier alpha value is -2.53. The molecular weight excluding hydrogens is 328 g/mol. The van der Waals surface area contributed by atoms with Crippen molar-refractivity contribution in [3.05, 3.63) is 58.1 Å². The van der Waals surface area contributed by atoms with Crippen LogP contribution in [-0.2, 0) is 11.3 Å². The molecule has 2 rings (SSSR count). The van der Waals surface area contributed by atoms with Crippen molar-refractivity contribution in [3.8, 4) is 5.75 Å². The lowest BCUT2D eigenvalue weighted by molar-refractivity contribution is -0.114. The molecule has 0 saturated carbocycles. The Morgan fingerprint density at radius 2 is 1.83 bits per heavy atom. The summed E-state index contributed by atoms with van der Waals surface area (Å²) in [5.41, 5.74) is 3.07. The highest BCUT2D eigenvalue weighted by molar-refractivity contribution is 6.32. The molecule has 0 radical (unpaired) electrons. The van der Waals surface area contributed by atoms with E-state index in [0.29, 0.717) is 28.6 Å². The van der Waals surface area contributed by atoms with Crippen LogP contribution in [0.1, 0.15) is 28.4 Å². The van der Waals surface area contributed by atoms with Crippen LogP contribution in [0.5, 0.6) is 5.75 Å². The van der Waals surface area contributed by atoms with Gasteiger partial charge in [-0.2, -0.15) is 0 Å². The minimum absolute atomic E-state index is 0.154. The van der Waals surface area contributed by atoms with Crippen LogP contribution in [0.2, 0.25) is 5.02 Å². The van der Waals surface area contributed by atoms with Gasteiger partial charge in [0, 0.05) is 24.7 Å². The van der Waals surface area contributed by atoms with Gasteiger partial charge in [0.2, 0.25) is 5.91 Å². The quantitative estimate of drug-likeness (QED) is 0.870. The Morgan fingerprint density at radius 3 is 2.42 bits per heavy atom. The second kappa shape index (κ2) is 7.84. The van der Waals surface area contributed by atoms with E-state index in [-0.39, 0.29) is 11.8 Å². The van der Waals surface area contributed by atoms with Crippen molar-refractivity contribution in [3.63, 3.8) is 0 Å². The van der Waals surface area contributed by atoms with Gasteiger partial charge >= 0.3 is 0 Å². The first-order valence-corrected chi connectivity index (χ1v) is 7.77. The van der Waals surface area contributed by atoms with Crippen molar-refractivity contribution in [2.45, 2.75) is 20.4 Å². The third kappa shape index (κ3) is 4.49. The maximum absolute atomic E-state index is 12.2. The summed E-state index contributed by atoms with van der Waals surface area (Å²) >= 11 is 6.12. The topological polar surface area (TPSA) is 67.4 Å². The molecule has 0 saturated heterocycles. The Kier molecular flexibility index (Phi) is 5.82. The highest BCUT2D eigenvalue weighted by Gasteiger charge is 2.09. The summed E-state index contributed by atoms with van der Waals surface area (Å²) in [6.07, 6.45) is 0. The van der Waals surface area contributed by atoms with Crippen LogP contribution in [0.3, 0.4) is 0 Å². The monoisotopic (exact) mass is 346 g/mol. The molecule has 24 heavy (non-hydrogen) atoms. The summed E-state index contributed by atoms with van der Waals surface area (Å²) < 4.78 is 5.17. The molecule has 0 fully saturated rings. The third-order valence-corrected chi connectivity index (χ3v) is 3.81. The largest absolute Gasteiger partial charge is 0.495 e. The molecule has 6 heteroatoms. The van der Waals surface area contributed by atoms with E-state index in [9.17, 15) is 9.59 Å². The molecule has 2 amide bonds. The van der Waals surface area contributed by atoms with Gasteiger partial charge in [-0.1, -0.05) is 11.6 Å². The average molecular weight is 347 g/mol. The smallest absolute Gasteiger partial charge is 0.251 e. The molecule has 0 atom stereocenters. The van der Waals surface area contributed by atoms with Gasteiger partial charge < -0.3 is 15.4 Å². The first-order valence-electron chi connectivity index (χ1n) is 7.39. The molecule has 0 heterocycles. The van der Waals surface area contributed by atoms with Crippen LogP contribution in [-0.4, -0.2) is 18.9 Å². The van der Waals surface area contributed by atoms with Crippen molar-refractivity contribution >= 4 is 29.1 Å². The van der Waals surface area contributed by atoms with E-state index >= 15 is 0 Å². The summed E-state index contributed by atoms with van der Waals surface area (Å²) in [5.74, 6) is 0.257. The van der Waals surface area contributed by atoms with E-state index in [0.717, 1.165) is 11.1 Å². The molecule has 0 aromatic heterocycles. The minimum Gasteiger partial charge on any atom is -0.495 e. The zero-order valence-corrected chi connectivity index (χ0v) is 14.5. The second-order valence-electron chi connectivity index (χ2n) is 5.35. The first-order chi connectivity index (χ1) is 11.4. The minimum atomic E-state index is -0.198. The number of halogens is 1. The van der Waals surface area contributed by atoms with Crippen LogP contribution < -0.4 is 15.4 Å². The number of rotatable bonds is 5. The van der Waals surface area contributed by atoms with Gasteiger partial charge in [-0.25, -0.2) is 0 Å². The Labute approximate surface area is 146 Å². The molecule has 2 aromatic rings. The van der Waals surface area contributed by atoms with Gasteiger partial charge in [0.15, 0.2) is 0 Å². The predicted octanol–water partition coefficient (Wildman–Crippen LogP) is 3.55. The Balaban J connectivity index is 2.03. The molecule has 0 spiro atoms. The van der Waals surface area contributed by atoms with Crippen LogP contribution >= 0.6 is 11.6 Å². The molecule has 2 aromatic carbocycles. The van der Waals surface area contributed by atoms with E-state index in [4.69, 9.17) is 16.3 Å². The fourth-order valence-electron chi connectivity index (χ4n) is 2.23. The van der Waals surface area contributed by atoms with E-state index in [1.54, 1.807) is 37.4 Å². The molecule has 0 unspecified atom stereocenters. The number of ether oxygens (including phenoxy) is 1. The number of anilines is 1. The van der Waals surface area contributed by atoms with E-state index < -0.39 is 0 Å². The number of hydrogen-bond acceptors (Lipinski definition) is 3. The summed E-state index contributed by atoms with van der Waals surface area (Å²) in [7, 11) is 1.56. The highest BCUT2D eigenvalue weighted by Crippen LogP contribution is 2.27. The fraction of sp³-hybridized carbons (Fsp3) is 0.222. The molecular formula is C18H19ClN2O3. The molecule has 0 bridgehead atoms. The number of carbonyl (C=O) groups is 2. The number of amides is 2. The number of methoxy groups -OCH3 is 1. The normalized spacial score (nSPS) is 10.2. The first kappa shape index (κ1) is 17.8. The zero-order valence-electron chi connectivity index (χ0n) is 13.8. The van der Waals surface area contributed by atoms with Crippen molar-refractivity contribution in [1.29, 1.82) is 0 Å². The lowest BCUT2D eigenvalue weighted by atomic mass is 10.1. The van der Waals surface area contributed by atoms with E-state index in [2.05, 4.69) is 10.6 Å². The van der Waals surface area contributed by atoms with Crippen LogP contribution in [0, 0.1) is 6.92 Å². The van der Waals surface area contributed by atoms with Crippen LogP contribution in [0.4, 0.5) is 5.69 Å². The average Bonchev–Trinajstić information content (AvgIpc) is 2.55. The second-order valence-corrected chi connectivity index (χ2v) is 5.76. The summed E-state index contributed by atoms with van der Waals surface area (Å²) in [6.45, 7) is 3.73. The lowest BCUT2D eigenvalue weighted by Gasteiger charge is -2.11. The molecule has 5 nitrogen and oxygen atoms in total. The van der Waals surface area contributed by atoms with Crippen LogP contribution in [0.25, 0.3) is 0 Å². The van der Waals surface area contributed by atoms with Gasteiger partial charge in [0.05, 0.1) is 12.1 Å². The fourth-order valence-corrected chi connectivity index (χ4v) is 2.49. The third-order valence-electron chi connectivity index (χ3n) is 3.52. The summed E-state index contributed by atoms with van der Waals surface area (Å²) in [4.78, 5) is 23.2. The van der Waals surface area contributed by atoms with Crippen molar-refractivity contribution in [1.82, 2.24) is 5.32 Å². The Bertz CT molecular complexity index is 758. The number of nitrogens with one attached hydrogen (secondary N) is 2. The number of benzene rings is 2. The zero-order chi connectivity index (χ0) is 17.7. The standard InChI is InChI=1S/C18H19ClN2O3/c1-11-8-17(24-3)16(19)9-14(11)10-20-18(23)13-4-6-15(7-5-13)21-12(2)22/h4-9H,10H2,1-3H3,(H,20,23)(H,21,22). The van der Waals surface area contributed by atoms with Crippen LogP contribution in [0.15, 0.2) is 36.4 Å². The van der Waals surface area contributed by atoms with E-state index in [1.807, 2.05) is 13.0 Å². The maximum atomic E-state index is 12.2. The van der Waals surface area contributed by atoms with E-state index in [1.165, 1.54) is 6.92 Å². The summed E-state index contributed by atoms with van der Waals surface area (Å²) in [5, 5.41) is 6.02. The van der Waals surface area contributed by atoms with Crippen molar-refractivity contribution < 1.29 is 14.3 Å². The maximum Gasteiger partial charge on any atom is 0.251 e. The molecule has 126 valence electrons. The van der Waals surface area contributed by atoms with Gasteiger partial charge in [0.1, 0.15) is 5.75 Å². The Morgan fingerprint density at radius 1 is 1.17 bits per heavy atom. The molecule has 0 aliphatic heterocycles. The number of aryl methyl sites for hydroxylation is 1. The highest BCUT2D eigenvalue weighted by atomic mass is 35.5. The molecule has 2 N–H and O–H groups in total. The SMILES string of the molecule is COc1cc(C)c(CNC(=O)c2ccc(NC(C)=O)cc2)cc1Cl. The van der Waals surface area contributed by atoms with Gasteiger partial charge in [-0.05, 0) is 54.4 Å². The van der Waals surface area contributed by atoms with Gasteiger partial charge in [-0.15, -0.1) is 0 Å². The lowest BCUT2D eigenvalue weighted by Crippen LogP contribution is -2.23. The molecule has 0 aliphatic carbocycles. The number of hydrogen-bond donors (Lipinski definition) is 2. The predicted molar refractivity (Wildman–Crippen MR) is 94.7 cm³/mol. The van der Waals surface area contributed by atoms with Gasteiger partial charge in [-0.3, -0.25) is 9.59 Å².